The lowest BCUT2D eigenvalue weighted by molar-refractivity contribution is -0.118. The lowest BCUT2D eigenvalue weighted by atomic mass is 10.2. The van der Waals surface area contributed by atoms with Crippen LogP contribution in [0, 0.1) is 6.92 Å². The summed E-state index contributed by atoms with van der Waals surface area (Å²) in [5.74, 6) is -0.159. The highest BCUT2D eigenvalue weighted by Crippen LogP contribution is 2.29. The van der Waals surface area contributed by atoms with Crippen molar-refractivity contribution in [3.05, 3.63) is 27.2 Å². The van der Waals surface area contributed by atoms with E-state index in [-0.39, 0.29) is 18.4 Å². The van der Waals surface area contributed by atoms with Crippen LogP contribution in [0.5, 0.6) is 0 Å². The van der Waals surface area contributed by atoms with Gasteiger partial charge in [-0.3, -0.25) is 4.79 Å². The third kappa shape index (κ3) is 4.24. The van der Waals surface area contributed by atoms with Gasteiger partial charge < -0.3 is 15.8 Å². The highest BCUT2D eigenvalue weighted by atomic mass is 79.9. The third-order valence-electron chi connectivity index (χ3n) is 2.53. The smallest absolute Gasteiger partial charge is 0.227 e. The molecule has 1 amide bonds. The van der Waals surface area contributed by atoms with Gasteiger partial charge in [0.15, 0.2) is 0 Å². The molecule has 0 aromatic heterocycles. The maximum Gasteiger partial charge on any atom is 0.227 e. The monoisotopic (exact) mass is 334 g/mol. The maximum absolute atomic E-state index is 11.8. The topological polar surface area (TPSA) is 64.3 Å². The molecule has 1 rings (SSSR count). The Labute approximate surface area is 120 Å². The fourth-order valence-corrected chi connectivity index (χ4v) is 2.13. The molecule has 3 N–H and O–H groups in total. The van der Waals surface area contributed by atoms with Crippen molar-refractivity contribution in [3.8, 4) is 0 Å². The van der Waals surface area contributed by atoms with Crippen molar-refractivity contribution in [3.63, 3.8) is 0 Å². The zero-order chi connectivity index (χ0) is 13.7. The Morgan fingerprint density at radius 3 is 2.83 bits per heavy atom. The van der Waals surface area contributed by atoms with E-state index in [0.29, 0.717) is 17.3 Å². The first-order valence-corrected chi connectivity index (χ1v) is 6.63. The number of rotatable bonds is 5. The highest BCUT2D eigenvalue weighted by Gasteiger charge is 2.13. The molecule has 18 heavy (non-hydrogen) atoms. The molecular formula is C12H16BrClN2O2. The zero-order valence-electron chi connectivity index (χ0n) is 10.3. The van der Waals surface area contributed by atoms with Gasteiger partial charge in [-0.2, -0.15) is 0 Å². The number of benzene rings is 1. The van der Waals surface area contributed by atoms with Gasteiger partial charge in [0.2, 0.25) is 5.91 Å². The molecule has 0 heterocycles. The second-order valence-corrected chi connectivity index (χ2v) is 5.19. The SMILES string of the molecule is COC(CN)CC(=O)Nc1cc(Cl)c(C)cc1Br. The number of hydrogen-bond donors (Lipinski definition) is 2. The zero-order valence-corrected chi connectivity index (χ0v) is 12.6. The number of halogens is 2. The number of nitrogens with one attached hydrogen (secondary N) is 1. The van der Waals surface area contributed by atoms with Crippen molar-refractivity contribution in [1.29, 1.82) is 0 Å². The molecule has 0 saturated heterocycles. The van der Waals surface area contributed by atoms with E-state index in [2.05, 4.69) is 21.2 Å². The van der Waals surface area contributed by atoms with Gasteiger partial charge in [0.25, 0.3) is 0 Å². The number of hydrogen-bond acceptors (Lipinski definition) is 3. The third-order valence-corrected chi connectivity index (χ3v) is 3.59. The summed E-state index contributed by atoms with van der Waals surface area (Å²) < 4.78 is 5.85. The molecule has 1 aromatic rings. The van der Waals surface area contributed by atoms with E-state index in [1.807, 2.05) is 13.0 Å². The first-order valence-electron chi connectivity index (χ1n) is 5.46. The normalized spacial score (nSPS) is 12.3. The average Bonchev–Trinajstić information content (AvgIpc) is 2.33. The molecule has 0 bridgehead atoms. The standard InChI is InChI=1S/C12H16BrClN2O2/c1-7-3-9(13)11(5-10(7)14)16-12(17)4-8(6-15)18-2/h3,5,8H,4,6,15H2,1-2H3,(H,16,17). The summed E-state index contributed by atoms with van der Waals surface area (Å²) >= 11 is 9.39. The molecule has 1 aromatic carbocycles. The molecule has 6 heteroatoms. The number of nitrogens with two attached hydrogens (primary N) is 1. The van der Waals surface area contributed by atoms with Gasteiger partial charge in [0.05, 0.1) is 18.2 Å². The Kier molecular flexibility index (Phi) is 6.08. The van der Waals surface area contributed by atoms with E-state index in [0.717, 1.165) is 10.0 Å². The summed E-state index contributed by atoms with van der Waals surface area (Å²) in [5.41, 5.74) is 7.05. The van der Waals surface area contributed by atoms with Gasteiger partial charge in [-0.05, 0) is 40.5 Å². The Balaban J connectivity index is 2.73. The molecule has 0 fully saturated rings. The van der Waals surface area contributed by atoms with Crippen molar-refractivity contribution >= 4 is 39.1 Å². The Hall–Kier alpha value is -0.620. The summed E-state index contributed by atoms with van der Waals surface area (Å²) in [4.78, 5) is 11.8. The van der Waals surface area contributed by atoms with E-state index in [4.69, 9.17) is 22.1 Å². The van der Waals surface area contributed by atoms with E-state index >= 15 is 0 Å². The second-order valence-electron chi connectivity index (χ2n) is 3.93. The van der Waals surface area contributed by atoms with Crippen LogP contribution in [0.2, 0.25) is 5.02 Å². The summed E-state index contributed by atoms with van der Waals surface area (Å²) in [5, 5.41) is 3.38. The van der Waals surface area contributed by atoms with Crippen LogP contribution in [0.3, 0.4) is 0 Å². The van der Waals surface area contributed by atoms with Crippen LogP contribution < -0.4 is 11.1 Å². The van der Waals surface area contributed by atoms with E-state index in [1.165, 1.54) is 7.11 Å². The van der Waals surface area contributed by atoms with Crippen LogP contribution in [0.1, 0.15) is 12.0 Å². The van der Waals surface area contributed by atoms with Crippen molar-refractivity contribution < 1.29 is 9.53 Å². The second kappa shape index (κ2) is 7.09. The molecular weight excluding hydrogens is 320 g/mol. The van der Waals surface area contributed by atoms with Crippen molar-refractivity contribution in [1.82, 2.24) is 0 Å². The molecule has 0 saturated carbocycles. The molecule has 100 valence electrons. The number of anilines is 1. The molecule has 0 aliphatic rings. The van der Waals surface area contributed by atoms with Gasteiger partial charge in [0, 0.05) is 23.1 Å². The summed E-state index contributed by atoms with van der Waals surface area (Å²) in [6.45, 7) is 2.20. The van der Waals surface area contributed by atoms with Gasteiger partial charge in [0.1, 0.15) is 0 Å². The first kappa shape index (κ1) is 15.4. The van der Waals surface area contributed by atoms with Crippen LogP contribution in [-0.4, -0.2) is 25.7 Å². The molecule has 0 spiro atoms. The van der Waals surface area contributed by atoms with Crippen LogP contribution in [0.4, 0.5) is 5.69 Å². The average molecular weight is 336 g/mol. The Morgan fingerprint density at radius 2 is 2.28 bits per heavy atom. The number of aryl methyl sites for hydroxylation is 1. The molecule has 0 radical (unpaired) electrons. The lowest BCUT2D eigenvalue weighted by Crippen LogP contribution is -2.28. The molecule has 0 aliphatic carbocycles. The number of methoxy groups -OCH3 is 1. The number of carbonyl (C=O) groups is 1. The molecule has 4 nitrogen and oxygen atoms in total. The number of amides is 1. The summed E-state index contributed by atoms with van der Waals surface area (Å²) in [7, 11) is 1.53. The summed E-state index contributed by atoms with van der Waals surface area (Å²) in [6, 6.07) is 3.57. The maximum atomic E-state index is 11.8. The largest absolute Gasteiger partial charge is 0.380 e. The van der Waals surface area contributed by atoms with E-state index < -0.39 is 0 Å². The van der Waals surface area contributed by atoms with E-state index in [9.17, 15) is 4.79 Å². The van der Waals surface area contributed by atoms with Crippen LogP contribution in [0.15, 0.2) is 16.6 Å². The molecule has 1 unspecified atom stereocenters. The van der Waals surface area contributed by atoms with Crippen molar-refractivity contribution in [2.24, 2.45) is 5.73 Å². The summed E-state index contributed by atoms with van der Waals surface area (Å²) in [6.07, 6.45) is -0.0602. The van der Waals surface area contributed by atoms with Gasteiger partial charge in [-0.15, -0.1) is 0 Å². The predicted octanol–water partition coefficient (Wildman–Crippen LogP) is 2.71. The number of carbonyl (C=O) groups excluding carboxylic acids is 1. The van der Waals surface area contributed by atoms with Crippen LogP contribution in [-0.2, 0) is 9.53 Å². The minimum Gasteiger partial charge on any atom is -0.380 e. The quantitative estimate of drug-likeness (QED) is 0.869. The predicted molar refractivity (Wildman–Crippen MR) is 77.0 cm³/mol. The van der Waals surface area contributed by atoms with E-state index in [1.54, 1.807) is 6.07 Å². The van der Waals surface area contributed by atoms with Crippen molar-refractivity contribution in [2.75, 3.05) is 19.0 Å². The minimum atomic E-state index is -0.273. The van der Waals surface area contributed by atoms with Crippen LogP contribution in [0.25, 0.3) is 0 Å². The van der Waals surface area contributed by atoms with Crippen LogP contribution >= 0.6 is 27.5 Å². The Bertz CT molecular complexity index is 436. The minimum absolute atomic E-state index is 0.159. The molecule has 0 aliphatic heterocycles. The number of ether oxygens (including phenoxy) is 1. The Morgan fingerprint density at radius 1 is 1.61 bits per heavy atom. The fraction of sp³-hybridized carbons (Fsp3) is 0.417. The van der Waals surface area contributed by atoms with Gasteiger partial charge in [-0.25, -0.2) is 0 Å². The van der Waals surface area contributed by atoms with Gasteiger partial charge in [-0.1, -0.05) is 11.6 Å². The lowest BCUT2D eigenvalue weighted by Gasteiger charge is -2.14. The fourth-order valence-electron chi connectivity index (χ4n) is 1.41. The van der Waals surface area contributed by atoms with Gasteiger partial charge >= 0.3 is 0 Å². The highest BCUT2D eigenvalue weighted by molar-refractivity contribution is 9.10. The van der Waals surface area contributed by atoms with Crippen molar-refractivity contribution in [2.45, 2.75) is 19.4 Å². The molecule has 1 atom stereocenters. The first-order chi connectivity index (χ1) is 8.47.